The SMILES string of the molecule is CNC1(C(=O)NC(C)C)CCNCC1. The van der Waals surface area contributed by atoms with E-state index >= 15 is 0 Å². The maximum Gasteiger partial charge on any atom is 0.240 e. The van der Waals surface area contributed by atoms with Crippen LogP contribution in [-0.4, -0.2) is 37.6 Å². The van der Waals surface area contributed by atoms with Gasteiger partial charge in [0.15, 0.2) is 0 Å². The summed E-state index contributed by atoms with van der Waals surface area (Å²) in [6.07, 6.45) is 1.73. The lowest BCUT2D eigenvalue weighted by Crippen LogP contribution is -2.61. The number of carbonyl (C=O) groups excluding carboxylic acids is 1. The van der Waals surface area contributed by atoms with Gasteiger partial charge in [0.25, 0.3) is 0 Å². The van der Waals surface area contributed by atoms with E-state index in [-0.39, 0.29) is 17.5 Å². The number of hydrogen-bond donors (Lipinski definition) is 3. The lowest BCUT2D eigenvalue weighted by Gasteiger charge is -2.36. The third-order valence-corrected chi connectivity index (χ3v) is 2.79. The fourth-order valence-corrected chi connectivity index (χ4v) is 1.84. The Labute approximate surface area is 85.8 Å². The van der Waals surface area contributed by atoms with E-state index in [0.717, 1.165) is 25.9 Å². The zero-order chi connectivity index (χ0) is 10.6. The van der Waals surface area contributed by atoms with Gasteiger partial charge in [-0.1, -0.05) is 0 Å². The summed E-state index contributed by atoms with van der Waals surface area (Å²) >= 11 is 0. The summed E-state index contributed by atoms with van der Waals surface area (Å²) in [5.74, 6) is 0.136. The molecule has 0 aromatic carbocycles. The van der Waals surface area contributed by atoms with Crippen LogP contribution in [0.15, 0.2) is 0 Å². The summed E-state index contributed by atoms with van der Waals surface area (Å²) < 4.78 is 0. The van der Waals surface area contributed by atoms with Gasteiger partial charge in [0.2, 0.25) is 5.91 Å². The molecule has 1 aliphatic heterocycles. The van der Waals surface area contributed by atoms with E-state index < -0.39 is 0 Å². The molecule has 14 heavy (non-hydrogen) atoms. The zero-order valence-corrected chi connectivity index (χ0v) is 9.31. The first kappa shape index (κ1) is 11.5. The molecular weight excluding hydrogens is 178 g/mol. The Morgan fingerprint density at radius 1 is 1.36 bits per heavy atom. The van der Waals surface area contributed by atoms with Gasteiger partial charge in [-0.15, -0.1) is 0 Å². The van der Waals surface area contributed by atoms with Crippen LogP contribution in [0.25, 0.3) is 0 Å². The molecule has 1 aliphatic rings. The predicted octanol–water partition coefficient (Wildman–Crippen LogP) is -0.147. The van der Waals surface area contributed by atoms with Crippen molar-refractivity contribution in [1.82, 2.24) is 16.0 Å². The maximum atomic E-state index is 12.0. The van der Waals surface area contributed by atoms with Crippen molar-refractivity contribution < 1.29 is 4.79 Å². The van der Waals surface area contributed by atoms with Crippen molar-refractivity contribution in [3.05, 3.63) is 0 Å². The molecule has 1 fully saturated rings. The zero-order valence-electron chi connectivity index (χ0n) is 9.31. The Hall–Kier alpha value is -0.610. The largest absolute Gasteiger partial charge is 0.352 e. The van der Waals surface area contributed by atoms with Gasteiger partial charge in [-0.2, -0.15) is 0 Å². The molecule has 82 valence electrons. The minimum atomic E-state index is -0.352. The number of nitrogens with one attached hydrogen (secondary N) is 3. The number of likely N-dealkylation sites (N-methyl/N-ethyl adjacent to an activating group) is 1. The summed E-state index contributed by atoms with van der Waals surface area (Å²) in [5.41, 5.74) is -0.352. The van der Waals surface area contributed by atoms with Crippen molar-refractivity contribution in [2.45, 2.75) is 38.3 Å². The quantitative estimate of drug-likeness (QED) is 0.592. The van der Waals surface area contributed by atoms with Crippen LogP contribution in [0.2, 0.25) is 0 Å². The van der Waals surface area contributed by atoms with Gasteiger partial charge < -0.3 is 16.0 Å². The number of amides is 1. The summed E-state index contributed by atoms with van der Waals surface area (Å²) in [5, 5.41) is 9.41. The minimum absolute atomic E-state index is 0.136. The van der Waals surface area contributed by atoms with E-state index in [4.69, 9.17) is 0 Å². The van der Waals surface area contributed by atoms with Crippen molar-refractivity contribution in [2.75, 3.05) is 20.1 Å². The minimum Gasteiger partial charge on any atom is -0.352 e. The Bertz CT molecular complexity index is 198. The van der Waals surface area contributed by atoms with Crippen LogP contribution in [0.4, 0.5) is 0 Å². The van der Waals surface area contributed by atoms with Crippen molar-refractivity contribution in [3.8, 4) is 0 Å². The average Bonchev–Trinajstić information content (AvgIpc) is 2.18. The van der Waals surface area contributed by atoms with E-state index in [1.807, 2.05) is 20.9 Å². The lowest BCUT2D eigenvalue weighted by molar-refractivity contribution is -0.129. The van der Waals surface area contributed by atoms with Crippen LogP contribution in [0, 0.1) is 0 Å². The first-order chi connectivity index (χ1) is 6.60. The number of piperidine rings is 1. The standard InChI is InChI=1S/C10H21N3O/c1-8(2)13-9(14)10(11-3)4-6-12-7-5-10/h8,11-12H,4-7H2,1-3H3,(H,13,14). The molecule has 0 aromatic rings. The van der Waals surface area contributed by atoms with Gasteiger partial charge in [-0.05, 0) is 46.8 Å². The van der Waals surface area contributed by atoms with E-state index in [1.165, 1.54) is 0 Å². The van der Waals surface area contributed by atoms with Crippen LogP contribution in [0.3, 0.4) is 0 Å². The van der Waals surface area contributed by atoms with Crippen molar-refractivity contribution >= 4 is 5.91 Å². The van der Waals surface area contributed by atoms with Crippen LogP contribution >= 0.6 is 0 Å². The Morgan fingerprint density at radius 2 is 1.93 bits per heavy atom. The van der Waals surface area contributed by atoms with Gasteiger partial charge in [0.1, 0.15) is 0 Å². The molecule has 1 saturated heterocycles. The molecule has 1 amide bonds. The summed E-state index contributed by atoms with van der Waals surface area (Å²) in [7, 11) is 1.87. The average molecular weight is 199 g/mol. The molecular formula is C10H21N3O. The molecule has 4 nitrogen and oxygen atoms in total. The second kappa shape index (κ2) is 4.75. The van der Waals surface area contributed by atoms with Gasteiger partial charge in [-0.3, -0.25) is 4.79 Å². The molecule has 0 aromatic heterocycles. The molecule has 4 heteroatoms. The highest BCUT2D eigenvalue weighted by atomic mass is 16.2. The number of hydrogen-bond acceptors (Lipinski definition) is 3. The van der Waals surface area contributed by atoms with E-state index in [1.54, 1.807) is 0 Å². The van der Waals surface area contributed by atoms with Gasteiger partial charge in [-0.25, -0.2) is 0 Å². The molecule has 0 bridgehead atoms. The predicted molar refractivity (Wildman–Crippen MR) is 57.2 cm³/mol. The Kier molecular flexibility index (Phi) is 3.89. The topological polar surface area (TPSA) is 53.2 Å². The molecule has 1 heterocycles. The first-order valence-corrected chi connectivity index (χ1v) is 5.31. The Morgan fingerprint density at radius 3 is 2.36 bits per heavy atom. The summed E-state index contributed by atoms with van der Waals surface area (Å²) in [6.45, 7) is 5.80. The van der Waals surface area contributed by atoms with Gasteiger partial charge >= 0.3 is 0 Å². The normalized spacial score (nSPS) is 20.9. The third-order valence-electron chi connectivity index (χ3n) is 2.79. The van der Waals surface area contributed by atoms with Gasteiger partial charge in [0.05, 0.1) is 5.54 Å². The van der Waals surface area contributed by atoms with Gasteiger partial charge in [0, 0.05) is 6.04 Å². The van der Waals surface area contributed by atoms with Crippen LogP contribution < -0.4 is 16.0 Å². The molecule has 0 radical (unpaired) electrons. The van der Waals surface area contributed by atoms with Crippen LogP contribution in [0.1, 0.15) is 26.7 Å². The van der Waals surface area contributed by atoms with Crippen molar-refractivity contribution in [2.24, 2.45) is 0 Å². The summed E-state index contributed by atoms with van der Waals surface area (Å²) in [4.78, 5) is 12.0. The molecule has 0 saturated carbocycles. The van der Waals surface area contributed by atoms with E-state index in [2.05, 4.69) is 16.0 Å². The van der Waals surface area contributed by atoms with Crippen LogP contribution in [-0.2, 0) is 4.79 Å². The fraction of sp³-hybridized carbons (Fsp3) is 0.900. The molecule has 0 spiro atoms. The first-order valence-electron chi connectivity index (χ1n) is 5.31. The number of rotatable bonds is 3. The Balaban J connectivity index is 2.62. The monoisotopic (exact) mass is 199 g/mol. The van der Waals surface area contributed by atoms with E-state index in [0.29, 0.717) is 0 Å². The maximum absolute atomic E-state index is 12.0. The lowest BCUT2D eigenvalue weighted by atomic mass is 9.87. The third kappa shape index (κ3) is 2.45. The summed E-state index contributed by atoms with van der Waals surface area (Å²) in [6, 6.07) is 0.211. The highest BCUT2D eigenvalue weighted by molar-refractivity contribution is 5.86. The highest BCUT2D eigenvalue weighted by Crippen LogP contribution is 2.17. The van der Waals surface area contributed by atoms with Crippen LogP contribution in [0.5, 0.6) is 0 Å². The van der Waals surface area contributed by atoms with Crippen molar-refractivity contribution in [3.63, 3.8) is 0 Å². The van der Waals surface area contributed by atoms with Crippen molar-refractivity contribution in [1.29, 1.82) is 0 Å². The molecule has 0 unspecified atom stereocenters. The smallest absolute Gasteiger partial charge is 0.240 e. The molecule has 3 N–H and O–H groups in total. The molecule has 0 atom stereocenters. The van der Waals surface area contributed by atoms with E-state index in [9.17, 15) is 4.79 Å². The molecule has 1 rings (SSSR count). The molecule has 0 aliphatic carbocycles. The second-order valence-corrected chi connectivity index (χ2v) is 4.21. The number of carbonyl (C=O) groups is 1. The second-order valence-electron chi connectivity index (χ2n) is 4.21. The highest BCUT2D eigenvalue weighted by Gasteiger charge is 2.37. The fourth-order valence-electron chi connectivity index (χ4n) is 1.84.